The lowest BCUT2D eigenvalue weighted by atomic mass is 10.2. The average Bonchev–Trinajstić information content (AvgIpc) is 3.18. The van der Waals surface area contributed by atoms with Gasteiger partial charge in [-0.05, 0) is 25.5 Å². The van der Waals surface area contributed by atoms with Gasteiger partial charge in [0.05, 0.1) is 19.7 Å². The lowest BCUT2D eigenvalue weighted by Crippen LogP contribution is -2.37. The molecule has 0 atom stereocenters. The first-order valence-corrected chi connectivity index (χ1v) is 9.47. The molecule has 2 N–H and O–H groups in total. The second-order valence-corrected chi connectivity index (χ2v) is 6.07. The average molecular weight is 431 g/mol. The standard InChI is InChI=1S/C19H25F4N5O2/c1-3-9-29-14-6-5-13(15(10-14)30-18(22)23)11-26-19(24-4-2)27-12-16-25-7-8-28(16)17(20)21/h5-8,10,17-18H,3-4,9,11-12H2,1-2H3,(H2,24,26,27). The number of halogens is 4. The number of nitrogens with zero attached hydrogens (tertiary/aromatic N) is 3. The fraction of sp³-hybridized carbons (Fsp3) is 0.474. The van der Waals surface area contributed by atoms with E-state index in [1.165, 1.54) is 18.5 Å². The number of nitrogens with one attached hydrogen (secondary N) is 2. The van der Waals surface area contributed by atoms with Gasteiger partial charge in [-0.25, -0.2) is 9.98 Å². The highest BCUT2D eigenvalue weighted by Gasteiger charge is 2.13. The third kappa shape index (κ3) is 7.12. The van der Waals surface area contributed by atoms with Gasteiger partial charge < -0.3 is 20.1 Å². The smallest absolute Gasteiger partial charge is 0.387 e. The second-order valence-electron chi connectivity index (χ2n) is 6.07. The van der Waals surface area contributed by atoms with Crippen LogP contribution in [0, 0.1) is 0 Å². The largest absolute Gasteiger partial charge is 0.493 e. The van der Waals surface area contributed by atoms with Crippen LogP contribution < -0.4 is 20.1 Å². The van der Waals surface area contributed by atoms with Gasteiger partial charge in [-0.3, -0.25) is 4.57 Å². The lowest BCUT2D eigenvalue weighted by Gasteiger charge is -2.14. The number of imidazole rings is 1. The zero-order valence-corrected chi connectivity index (χ0v) is 16.7. The molecule has 2 aromatic rings. The molecule has 0 unspecified atom stereocenters. The van der Waals surface area contributed by atoms with Crippen molar-refractivity contribution in [3.63, 3.8) is 0 Å². The van der Waals surface area contributed by atoms with Crippen molar-refractivity contribution in [2.45, 2.75) is 46.5 Å². The van der Waals surface area contributed by atoms with Crippen LogP contribution >= 0.6 is 0 Å². The van der Waals surface area contributed by atoms with Crippen molar-refractivity contribution in [2.24, 2.45) is 4.99 Å². The van der Waals surface area contributed by atoms with Gasteiger partial charge in [-0.15, -0.1) is 0 Å². The number of ether oxygens (including phenoxy) is 2. The SMILES string of the molecule is CCCOc1ccc(CN=C(NCC)NCc2nccn2C(F)F)c(OC(F)F)c1. The molecule has 166 valence electrons. The van der Waals surface area contributed by atoms with Crippen LogP contribution in [0.1, 0.15) is 38.2 Å². The van der Waals surface area contributed by atoms with Gasteiger partial charge in [-0.1, -0.05) is 6.92 Å². The summed E-state index contributed by atoms with van der Waals surface area (Å²) < 4.78 is 62.2. The molecule has 0 aliphatic heterocycles. The Morgan fingerprint density at radius 3 is 2.67 bits per heavy atom. The first-order chi connectivity index (χ1) is 14.4. The van der Waals surface area contributed by atoms with Crippen molar-refractivity contribution < 1.29 is 27.0 Å². The summed E-state index contributed by atoms with van der Waals surface area (Å²) >= 11 is 0. The Labute approximate surface area is 172 Å². The Balaban J connectivity index is 2.12. The summed E-state index contributed by atoms with van der Waals surface area (Å²) in [4.78, 5) is 8.21. The van der Waals surface area contributed by atoms with Crippen LogP contribution in [0.5, 0.6) is 11.5 Å². The number of benzene rings is 1. The number of alkyl halides is 4. The normalized spacial score (nSPS) is 11.8. The molecule has 2 rings (SSSR count). The van der Waals surface area contributed by atoms with Gasteiger partial charge in [-0.2, -0.15) is 17.6 Å². The fourth-order valence-electron chi connectivity index (χ4n) is 2.51. The van der Waals surface area contributed by atoms with Crippen LogP contribution in [-0.2, 0) is 13.1 Å². The van der Waals surface area contributed by atoms with E-state index < -0.39 is 13.2 Å². The molecule has 0 aliphatic carbocycles. The van der Waals surface area contributed by atoms with Crippen molar-refractivity contribution in [1.82, 2.24) is 20.2 Å². The monoisotopic (exact) mass is 431 g/mol. The molecule has 7 nitrogen and oxygen atoms in total. The molecular weight excluding hydrogens is 406 g/mol. The number of guanidine groups is 1. The van der Waals surface area contributed by atoms with Crippen LogP contribution in [0.4, 0.5) is 17.6 Å². The van der Waals surface area contributed by atoms with Crippen molar-refractivity contribution >= 4 is 5.96 Å². The summed E-state index contributed by atoms with van der Waals surface area (Å²) in [6, 6.07) is 4.64. The first kappa shape index (κ1) is 23.3. The van der Waals surface area contributed by atoms with Gasteiger partial charge in [0.1, 0.15) is 17.3 Å². The van der Waals surface area contributed by atoms with E-state index in [-0.39, 0.29) is 24.7 Å². The van der Waals surface area contributed by atoms with Gasteiger partial charge in [0.2, 0.25) is 0 Å². The molecule has 1 aromatic heterocycles. The Kier molecular flexibility index (Phi) is 9.23. The maximum absolute atomic E-state index is 12.9. The third-order valence-electron chi connectivity index (χ3n) is 3.85. The van der Waals surface area contributed by atoms with Crippen molar-refractivity contribution in [3.8, 4) is 11.5 Å². The van der Waals surface area contributed by atoms with Crippen LogP contribution in [0.3, 0.4) is 0 Å². The molecule has 0 amide bonds. The summed E-state index contributed by atoms with van der Waals surface area (Å²) in [7, 11) is 0. The second kappa shape index (κ2) is 11.9. The maximum atomic E-state index is 12.9. The highest BCUT2D eigenvalue weighted by atomic mass is 19.3. The van der Waals surface area contributed by atoms with Crippen LogP contribution in [-0.4, -0.2) is 35.3 Å². The van der Waals surface area contributed by atoms with E-state index in [0.29, 0.717) is 30.4 Å². The molecule has 0 radical (unpaired) electrons. The van der Waals surface area contributed by atoms with E-state index in [9.17, 15) is 17.6 Å². The van der Waals surface area contributed by atoms with Crippen LogP contribution in [0.15, 0.2) is 35.6 Å². The fourth-order valence-corrected chi connectivity index (χ4v) is 2.51. The lowest BCUT2D eigenvalue weighted by molar-refractivity contribution is -0.0505. The zero-order chi connectivity index (χ0) is 21.9. The summed E-state index contributed by atoms with van der Waals surface area (Å²) in [6.07, 6.45) is 3.24. The quantitative estimate of drug-likeness (QED) is 0.321. The van der Waals surface area contributed by atoms with E-state index in [2.05, 4.69) is 25.3 Å². The number of rotatable bonds is 11. The Bertz CT molecular complexity index is 814. The summed E-state index contributed by atoms with van der Waals surface area (Å²) in [5.41, 5.74) is 0.422. The van der Waals surface area contributed by atoms with Crippen molar-refractivity contribution in [2.75, 3.05) is 13.2 Å². The van der Waals surface area contributed by atoms with Gasteiger partial charge in [0.15, 0.2) is 5.96 Å². The first-order valence-electron chi connectivity index (χ1n) is 9.47. The van der Waals surface area contributed by atoms with E-state index in [1.807, 2.05) is 13.8 Å². The summed E-state index contributed by atoms with van der Waals surface area (Å²) in [5, 5.41) is 5.86. The van der Waals surface area contributed by atoms with Gasteiger partial charge in [0, 0.05) is 30.6 Å². The molecule has 0 aliphatic rings. The third-order valence-corrected chi connectivity index (χ3v) is 3.85. The molecule has 1 aromatic carbocycles. The number of aromatic nitrogens is 2. The minimum absolute atomic E-state index is 0.00730. The minimum Gasteiger partial charge on any atom is -0.493 e. The highest BCUT2D eigenvalue weighted by Crippen LogP contribution is 2.27. The molecule has 0 spiro atoms. The Hall–Kier alpha value is -2.98. The molecule has 0 saturated carbocycles. The Morgan fingerprint density at radius 1 is 1.20 bits per heavy atom. The molecule has 0 bridgehead atoms. The Morgan fingerprint density at radius 2 is 2.00 bits per heavy atom. The zero-order valence-electron chi connectivity index (χ0n) is 16.7. The predicted molar refractivity (Wildman–Crippen MR) is 104 cm³/mol. The topological polar surface area (TPSA) is 72.7 Å². The van der Waals surface area contributed by atoms with Crippen molar-refractivity contribution in [1.29, 1.82) is 0 Å². The summed E-state index contributed by atoms with van der Waals surface area (Å²) in [6.45, 7) is -0.929. The van der Waals surface area contributed by atoms with Crippen molar-refractivity contribution in [3.05, 3.63) is 42.0 Å². The molecular formula is C19H25F4N5O2. The molecule has 11 heteroatoms. The van der Waals surface area contributed by atoms with Gasteiger partial charge in [0.25, 0.3) is 0 Å². The molecule has 0 fully saturated rings. The van der Waals surface area contributed by atoms with Crippen LogP contribution in [0.25, 0.3) is 0 Å². The number of hydrogen-bond acceptors (Lipinski definition) is 4. The van der Waals surface area contributed by atoms with Gasteiger partial charge >= 0.3 is 13.2 Å². The van der Waals surface area contributed by atoms with E-state index >= 15 is 0 Å². The van der Waals surface area contributed by atoms with Crippen LogP contribution in [0.2, 0.25) is 0 Å². The van der Waals surface area contributed by atoms with E-state index in [1.54, 1.807) is 12.1 Å². The number of aliphatic imine (C=N–C) groups is 1. The minimum atomic E-state index is -2.99. The maximum Gasteiger partial charge on any atom is 0.387 e. The van der Waals surface area contributed by atoms with E-state index in [0.717, 1.165) is 11.0 Å². The highest BCUT2D eigenvalue weighted by molar-refractivity contribution is 5.79. The summed E-state index contributed by atoms with van der Waals surface area (Å²) in [5.74, 6) is 0.834. The van der Waals surface area contributed by atoms with E-state index in [4.69, 9.17) is 4.74 Å². The molecule has 1 heterocycles. The number of hydrogen-bond donors (Lipinski definition) is 2. The molecule has 0 saturated heterocycles. The molecule has 30 heavy (non-hydrogen) atoms. The predicted octanol–water partition coefficient (Wildman–Crippen LogP) is 3.92.